The van der Waals surface area contributed by atoms with Gasteiger partial charge < -0.3 is 29.0 Å². The Morgan fingerprint density at radius 2 is 1.70 bits per heavy atom. The van der Waals surface area contributed by atoms with Crippen molar-refractivity contribution in [3.05, 3.63) is 95.1 Å². The molecule has 1 fully saturated rings. The zero-order chi connectivity index (χ0) is 28.1. The van der Waals surface area contributed by atoms with Gasteiger partial charge in [0.2, 0.25) is 0 Å². The van der Waals surface area contributed by atoms with Gasteiger partial charge in [-0.2, -0.15) is 0 Å². The number of fused-ring (bicyclic) bond motifs is 1. The van der Waals surface area contributed by atoms with Crippen LogP contribution in [0.25, 0.3) is 0 Å². The van der Waals surface area contributed by atoms with E-state index in [4.69, 9.17) is 18.9 Å². The minimum atomic E-state index is -0.913. The second-order valence-corrected chi connectivity index (χ2v) is 10.1. The molecule has 0 aromatic heterocycles. The topological polar surface area (TPSA) is 94.5 Å². The molecule has 1 saturated carbocycles. The van der Waals surface area contributed by atoms with Crippen molar-refractivity contribution in [1.29, 1.82) is 0 Å². The van der Waals surface area contributed by atoms with Crippen molar-refractivity contribution in [2.75, 3.05) is 13.7 Å². The summed E-state index contributed by atoms with van der Waals surface area (Å²) in [5.74, 6) is 0.318. The van der Waals surface area contributed by atoms with E-state index in [2.05, 4.69) is 0 Å². The Bertz CT molecular complexity index is 1310. The van der Waals surface area contributed by atoms with Crippen LogP contribution in [0.2, 0.25) is 0 Å². The Labute approximate surface area is 234 Å². The second-order valence-electron chi connectivity index (χ2n) is 10.1. The van der Waals surface area contributed by atoms with E-state index in [0.29, 0.717) is 36.5 Å². The number of ether oxygens (including phenoxy) is 4. The van der Waals surface area contributed by atoms with E-state index < -0.39 is 24.2 Å². The summed E-state index contributed by atoms with van der Waals surface area (Å²) < 4.78 is 23.6. The van der Waals surface area contributed by atoms with Gasteiger partial charge in [-0.25, -0.2) is 4.79 Å². The molecule has 1 aliphatic carbocycles. The average molecular weight is 546 g/mol. The number of aliphatic hydroxyl groups excluding tert-OH is 1. The van der Waals surface area contributed by atoms with Gasteiger partial charge in [0.25, 0.3) is 5.91 Å². The van der Waals surface area contributed by atoms with E-state index in [1.54, 1.807) is 18.9 Å². The van der Waals surface area contributed by atoms with E-state index in [1.807, 2.05) is 72.8 Å². The highest BCUT2D eigenvalue weighted by Crippen LogP contribution is 2.40. The molecule has 3 aromatic rings. The first-order valence-corrected chi connectivity index (χ1v) is 13.7. The normalized spacial score (nSPS) is 20.6. The fraction of sp³-hybridized carbons (Fsp3) is 0.375. The van der Waals surface area contributed by atoms with E-state index in [-0.39, 0.29) is 31.6 Å². The number of esters is 1. The summed E-state index contributed by atoms with van der Waals surface area (Å²) in [7, 11) is 1.58. The zero-order valence-corrected chi connectivity index (χ0v) is 22.8. The quantitative estimate of drug-likeness (QED) is 0.378. The van der Waals surface area contributed by atoms with Gasteiger partial charge in [0, 0.05) is 18.5 Å². The maximum absolute atomic E-state index is 14.2. The lowest BCUT2D eigenvalue weighted by Crippen LogP contribution is -2.52. The number of benzene rings is 3. The van der Waals surface area contributed by atoms with Gasteiger partial charge in [-0.15, -0.1) is 0 Å². The number of nitrogens with zero attached hydrogens (tertiary/aromatic N) is 1. The van der Waals surface area contributed by atoms with Crippen molar-refractivity contribution in [2.24, 2.45) is 0 Å². The lowest BCUT2D eigenvalue weighted by molar-refractivity contribution is -0.168. The van der Waals surface area contributed by atoms with Gasteiger partial charge in [-0.05, 0) is 42.5 Å². The Balaban J connectivity index is 1.48. The molecule has 1 amide bonds. The van der Waals surface area contributed by atoms with Crippen molar-refractivity contribution in [3.63, 3.8) is 0 Å². The number of methoxy groups -OCH3 is 1. The molecule has 8 nitrogen and oxygen atoms in total. The Hall–Kier alpha value is -3.88. The first-order chi connectivity index (χ1) is 19.5. The average Bonchev–Trinajstić information content (AvgIpc) is 2.97. The number of carbonyl (C=O) groups excluding carboxylic acids is 2. The molecule has 40 heavy (non-hydrogen) atoms. The molecule has 5 rings (SSSR count). The molecular formula is C32H35NO7. The highest BCUT2D eigenvalue weighted by Gasteiger charge is 2.42. The van der Waals surface area contributed by atoms with Crippen LogP contribution in [0.4, 0.5) is 0 Å². The van der Waals surface area contributed by atoms with E-state index >= 15 is 0 Å². The van der Waals surface area contributed by atoms with Crippen molar-refractivity contribution in [1.82, 2.24) is 4.90 Å². The Kier molecular flexibility index (Phi) is 8.67. The third-order valence-corrected chi connectivity index (χ3v) is 7.45. The van der Waals surface area contributed by atoms with Crippen LogP contribution in [-0.2, 0) is 38.6 Å². The zero-order valence-electron chi connectivity index (χ0n) is 22.8. The lowest BCUT2D eigenvalue weighted by Gasteiger charge is -2.40. The molecule has 3 aromatic carbocycles. The highest BCUT2D eigenvalue weighted by molar-refractivity contribution is 5.89. The van der Waals surface area contributed by atoms with Crippen LogP contribution < -0.4 is 9.47 Å². The minimum Gasteiger partial charge on any atom is -0.493 e. The smallest absolute Gasteiger partial charge is 0.329 e. The van der Waals surface area contributed by atoms with Crippen LogP contribution in [0.5, 0.6) is 11.5 Å². The number of carbonyl (C=O) groups is 2. The van der Waals surface area contributed by atoms with Gasteiger partial charge in [0.05, 0.1) is 25.9 Å². The molecule has 0 spiro atoms. The summed E-state index contributed by atoms with van der Waals surface area (Å²) in [5, 5.41) is 9.80. The molecule has 1 aliphatic heterocycles. The second kappa shape index (κ2) is 12.5. The van der Waals surface area contributed by atoms with E-state index in [9.17, 15) is 14.7 Å². The van der Waals surface area contributed by atoms with Crippen molar-refractivity contribution in [2.45, 2.75) is 63.7 Å². The summed E-state index contributed by atoms with van der Waals surface area (Å²) in [6.45, 7) is 2.45. The SMILES string of the molecule is CCOC(=O)[C@@H]1Cc2c(ccc(OC)c2OCc2ccccc2)CN1C(=O)C(O[C@H]1C[C@@H](O)C1)c1ccccc1. The van der Waals surface area contributed by atoms with Gasteiger partial charge >= 0.3 is 5.97 Å². The molecule has 2 atom stereocenters. The van der Waals surface area contributed by atoms with Gasteiger partial charge in [0.1, 0.15) is 12.6 Å². The third kappa shape index (κ3) is 5.98. The van der Waals surface area contributed by atoms with Gasteiger partial charge in [0.15, 0.2) is 17.6 Å². The first kappa shape index (κ1) is 27.7. The summed E-state index contributed by atoms with van der Waals surface area (Å²) in [4.78, 5) is 29.0. The monoisotopic (exact) mass is 545 g/mol. The molecule has 1 heterocycles. The number of rotatable bonds is 10. The lowest BCUT2D eigenvalue weighted by atomic mass is 9.90. The van der Waals surface area contributed by atoms with Gasteiger partial charge in [-0.1, -0.05) is 66.7 Å². The fourth-order valence-corrected chi connectivity index (χ4v) is 5.24. The molecule has 1 N–H and O–H groups in total. The fourth-order valence-electron chi connectivity index (χ4n) is 5.24. The van der Waals surface area contributed by atoms with Crippen LogP contribution in [0, 0.1) is 0 Å². The molecule has 210 valence electrons. The molecular weight excluding hydrogens is 510 g/mol. The Morgan fingerprint density at radius 1 is 1.00 bits per heavy atom. The van der Waals surface area contributed by atoms with Crippen LogP contribution in [0.15, 0.2) is 72.8 Å². The van der Waals surface area contributed by atoms with Crippen LogP contribution in [0.1, 0.15) is 48.1 Å². The number of aliphatic hydroxyl groups is 1. The largest absolute Gasteiger partial charge is 0.493 e. The number of hydrogen-bond donors (Lipinski definition) is 1. The molecule has 0 bridgehead atoms. The predicted octanol–water partition coefficient (Wildman–Crippen LogP) is 4.37. The minimum absolute atomic E-state index is 0.184. The van der Waals surface area contributed by atoms with Crippen molar-refractivity contribution >= 4 is 11.9 Å². The Morgan fingerprint density at radius 3 is 2.35 bits per heavy atom. The van der Waals surface area contributed by atoms with E-state index in [1.165, 1.54) is 0 Å². The summed E-state index contributed by atoms with van der Waals surface area (Å²) in [5.41, 5.74) is 3.38. The van der Waals surface area contributed by atoms with E-state index in [0.717, 1.165) is 16.7 Å². The summed E-state index contributed by atoms with van der Waals surface area (Å²) in [6, 6.07) is 21.9. The standard InChI is InChI=1S/C32H35NO7/c1-3-38-32(36)27-18-26-23(14-15-28(37-2)30(26)39-20-21-10-6-4-7-11-21)19-33(27)31(35)29(22-12-8-5-9-13-22)40-25-16-24(34)17-25/h4-15,24-25,27,29,34H,3,16-20H2,1-2H3/t24-,25+,27-,29?/m0/s1. The number of hydrogen-bond acceptors (Lipinski definition) is 7. The number of amides is 1. The molecule has 2 aliphatic rings. The molecule has 1 unspecified atom stereocenters. The van der Waals surface area contributed by atoms with Gasteiger partial charge in [-0.3, -0.25) is 4.79 Å². The van der Waals surface area contributed by atoms with Crippen LogP contribution in [0.3, 0.4) is 0 Å². The van der Waals surface area contributed by atoms with Crippen molar-refractivity contribution < 1.29 is 33.6 Å². The summed E-state index contributed by atoms with van der Waals surface area (Å²) in [6.07, 6.45) is -0.403. The third-order valence-electron chi connectivity index (χ3n) is 7.45. The molecule has 0 saturated heterocycles. The highest BCUT2D eigenvalue weighted by atomic mass is 16.5. The molecule has 0 radical (unpaired) electrons. The maximum Gasteiger partial charge on any atom is 0.329 e. The first-order valence-electron chi connectivity index (χ1n) is 13.7. The molecule has 8 heteroatoms. The van der Waals surface area contributed by atoms with Crippen LogP contribution >= 0.6 is 0 Å². The maximum atomic E-state index is 14.2. The van der Waals surface area contributed by atoms with Crippen LogP contribution in [-0.4, -0.2) is 53.8 Å². The predicted molar refractivity (Wildman–Crippen MR) is 148 cm³/mol. The summed E-state index contributed by atoms with van der Waals surface area (Å²) >= 11 is 0. The van der Waals surface area contributed by atoms with Crippen molar-refractivity contribution in [3.8, 4) is 11.5 Å².